The van der Waals surface area contributed by atoms with E-state index >= 15 is 0 Å². The second kappa shape index (κ2) is 4.50. The molecule has 2 N–H and O–H groups in total. The van der Waals surface area contributed by atoms with Crippen LogP contribution in [0.25, 0.3) is 0 Å². The van der Waals surface area contributed by atoms with Gasteiger partial charge in [0.15, 0.2) is 0 Å². The number of rotatable bonds is 1. The largest absolute Gasteiger partial charge is 0.372 e. The highest BCUT2D eigenvalue weighted by molar-refractivity contribution is 6.22. The van der Waals surface area contributed by atoms with E-state index in [2.05, 4.69) is 5.32 Å². The van der Waals surface area contributed by atoms with Crippen LogP contribution in [0.2, 0.25) is 0 Å². The molecule has 0 aromatic heterocycles. The number of amidine groups is 1. The lowest BCUT2D eigenvalue weighted by Gasteiger charge is -2.25. The molecule has 0 spiro atoms. The van der Waals surface area contributed by atoms with E-state index in [0.29, 0.717) is 17.5 Å². The van der Waals surface area contributed by atoms with Gasteiger partial charge in [-0.15, -0.1) is 0 Å². The highest BCUT2D eigenvalue weighted by Gasteiger charge is 2.41. The molecule has 5 nitrogen and oxygen atoms in total. The predicted molar refractivity (Wildman–Crippen MR) is 70.3 cm³/mol. The van der Waals surface area contributed by atoms with Crippen molar-refractivity contribution in [3.63, 3.8) is 0 Å². The van der Waals surface area contributed by atoms with Gasteiger partial charge in [0.05, 0.1) is 17.2 Å². The molecule has 0 bridgehead atoms. The van der Waals surface area contributed by atoms with Gasteiger partial charge >= 0.3 is 0 Å². The average molecular weight is 257 g/mol. The number of benzene rings is 1. The summed E-state index contributed by atoms with van der Waals surface area (Å²) in [7, 11) is 0. The van der Waals surface area contributed by atoms with E-state index in [1.54, 1.807) is 24.3 Å². The maximum absolute atomic E-state index is 12.3. The first kappa shape index (κ1) is 11.9. The van der Waals surface area contributed by atoms with Crippen LogP contribution < -0.4 is 5.32 Å². The van der Waals surface area contributed by atoms with E-state index in [1.165, 1.54) is 4.90 Å². The van der Waals surface area contributed by atoms with Crippen LogP contribution in [0.4, 0.5) is 0 Å². The Labute approximate surface area is 111 Å². The summed E-state index contributed by atoms with van der Waals surface area (Å²) in [4.78, 5) is 25.9. The van der Waals surface area contributed by atoms with Crippen LogP contribution in [0.15, 0.2) is 24.3 Å². The van der Waals surface area contributed by atoms with Crippen LogP contribution >= 0.6 is 0 Å². The van der Waals surface area contributed by atoms with Gasteiger partial charge in [0, 0.05) is 6.54 Å². The summed E-state index contributed by atoms with van der Waals surface area (Å²) < 4.78 is 0. The van der Waals surface area contributed by atoms with Crippen LogP contribution in [0.5, 0.6) is 0 Å². The number of carbonyl (C=O) groups excluding carboxylic acids is 2. The molecule has 98 valence electrons. The Kier molecular flexibility index (Phi) is 2.81. The van der Waals surface area contributed by atoms with E-state index in [0.717, 1.165) is 19.4 Å². The fraction of sp³-hybridized carbons (Fsp3) is 0.357. The van der Waals surface area contributed by atoms with Gasteiger partial charge < -0.3 is 5.32 Å². The number of amides is 2. The molecule has 1 aromatic carbocycles. The van der Waals surface area contributed by atoms with Crippen LogP contribution in [0.1, 0.15) is 40.0 Å². The van der Waals surface area contributed by atoms with E-state index in [1.807, 2.05) is 0 Å². The SMILES string of the molecule is N=C1NCCCCC1N1C(=O)c2ccccc2C1=O. The van der Waals surface area contributed by atoms with Crippen molar-refractivity contribution >= 4 is 17.6 Å². The van der Waals surface area contributed by atoms with Gasteiger partial charge in [-0.05, 0) is 31.4 Å². The van der Waals surface area contributed by atoms with Crippen molar-refractivity contribution in [3.8, 4) is 0 Å². The van der Waals surface area contributed by atoms with Gasteiger partial charge in [-0.25, -0.2) is 0 Å². The first-order valence-electron chi connectivity index (χ1n) is 6.49. The molecule has 3 rings (SSSR count). The Morgan fingerprint density at radius 2 is 1.74 bits per heavy atom. The van der Waals surface area contributed by atoms with Gasteiger partial charge in [-0.3, -0.25) is 19.9 Å². The Balaban J connectivity index is 1.97. The molecule has 2 amide bonds. The molecule has 1 atom stereocenters. The summed E-state index contributed by atoms with van der Waals surface area (Å²) in [6.07, 6.45) is 2.53. The first-order chi connectivity index (χ1) is 9.20. The highest BCUT2D eigenvalue weighted by Crippen LogP contribution is 2.26. The Hall–Kier alpha value is -2.17. The van der Waals surface area contributed by atoms with Crippen LogP contribution in [-0.4, -0.2) is 35.1 Å². The molecule has 1 aromatic rings. The monoisotopic (exact) mass is 257 g/mol. The van der Waals surface area contributed by atoms with Gasteiger partial charge in [-0.2, -0.15) is 0 Å². The number of nitrogens with one attached hydrogen (secondary N) is 2. The molecule has 2 aliphatic rings. The van der Waals surface area contributed by atoms with E-state index in [9.17, 15) is 9.59 Å². The number of hydrogen-bond acceptors (Lipinski definition) is 3. The van der Waals surface area contributed by atoms with Crippen molar-refractivity contribution in [1.82, 2.24) is 10.2 Å². The maximum Gasteiger partial charge on any atom is 0.262 e. The third-order valence-electron chi connectivity index (χ3n) is 3.69. The van der Waals surface area contributed by atoms with Crippen LogP contribution in [0.3, 0.4) is 0 Å². The lowest BCUT2D eigenvalue weighted by Crippen LogP contribution is -2.48. The molecule has 0 saturated carbocycles. The van der Waals surface area contributed by atoms with Crippen molar-refractivity contribution in [2.75, 3.05) is 6.54 Å². The molecule has 5 heteroatoms. The summed E-state index contributed by atoms with van der Waals surface area (Å²) >= 11 is 0. The quantitative estimate of drug-likeness (QED) is 0.747. The zero-order valence-corrected chi connectivity index (χ0v) is 10.5. The van der Waals surface area contributed by atoms with Gasteiger partial charge in [0.25, 0.3) is 11.8 Å². The van der Waals surface area contributed by atoms with Gasteiger partial charge in [-0.1, -0.05) is 12.1 Å². The number of nitrogens with zero attached hydrogens (tertiary/aromatic N) is 1. The number of fused-ring (bicyclic) bond motifs is 1. The molecule has 1 saturated heterocycles. The van der Waals surface area contributed by atoms with Crippen molar-refractivity contribution in [2.45, 2.75) is 25.3 Å². The Bertz CT molecular complexity index is 533. The predicted octanol–water partition coefficient (Wildman–Crippen LogP) is 1.40. The van der Waals surface area contributed by atoms with E-state index < -0.39 is 6.04 Å². The fourth-order valence-electron chi connectivity index (χ4n) is 2.70. The third-order valence-corrected chi connectivity index (χ3v) is 3.69. The lowest BCUT2D eigenvalue weighted by molar-refractivity contribution is 0.0618. The Morgan fingerprint density at radius 3 is 2.37 bits per heavy atom. The molecule has 0 radical (unpaired) electrons. The second-order valence-corrected chi connectivity index (χ2v) is 4.88. The summed E-state index contributed by atoms with van der Waals surface area (Å²) in [5.41, 5.74) is 0.897. The van der Waals surface area contributed by atoms with Crippen LogP contribution in [-0.2, 0) is 0 Å². The molecular formula is C14H15N3O2. The maximum atomic E-state index is 12.3. The summed E-state index contributed by atoms with van der Waals surface area (Å²) in [6.45, 7) is 0.735. The fourth-order valence-corrected chi connectivity index (χ4v) is 2.70. The zero-order valence-electron chi connectivity index (χ0n) is 10.5. The summed E-state index contributed by atoms with van der Waals surface area (Å²) in [5.74, 6) is -0.287. The van der Waals surface area contributed by atoms with Crippen molar-refractivity contribution in [2.24, 2.45) is 0 Å². The molecule has 2 aliphatic heterocycles. The first-order valence-corrected chi connectivity index (χ1v) is 6.49. The molecule has 0 aliphatic carbocycles. The van der Waals surface area contributed by atoms with Gasteiger partial charge in [0.2, 0.25) is 0 Å². The molecule has 1 unspecified atom stereocenters. The second-order valence-electron chi connectivity index (χ2n) is 4.88. The standard InChI is InChI=1S/C14H15N3O2/c15-12-11(7-3-4-8-16-12)17-13(18)9-5-1-2-6-10(9)14(17)19/h1-2,5-6,11H,3-4,7-8H2,(H2,15,16). The summed E-state index contributed by atoms with van der Waals surface area (Å²) in [5, 5.41) is 11.0. The van der Waals surface area contributed by atoms with Gasteiger partial charge in [0.1, 0.15) is 5.84 Å². The highest BCUT2D eigenvalue weighted by atomic mass is 16.2. The lowest BCUT2D eigenvalue weighted by atomic mass is 10.1. The number of imide groups is 1. The Morgan fingerprint density at radius 1 is 1.11 bits per heavy atom. The minimum Gasteiger partial charge on any atom is -0.372 e. The number of hydrogen-bond donors (Lipinski definition) is 2. The molecule has 19 heavy (non-hydrogen) atoms. The van der Waals surface area contributed by atoms with Crippen molar-refractivity contribution in [1.29, 1.82) is 5.41 Å². The number of carbonyl (C=O) groups is 2. The van der Waals surface area contributed by atoms with Crippen molar-refractivity contribution < 1.29 is 9.59 Å². The van der Waals surface area contributed by atoms with Crippen LogP contribution in [0, 0.1) is 5.41 Å². The summed E-state index contributed by atoms with van der Waals surface area (Å²) in [6, 6.07) is 6.40. The normalized spacial score (nSPS) is 23.1. The zero-order chi connectivity index (χ0) is 13.4. The minimum absolute atomic E-state index is 0.270. The smallest absolute Gasteiger partial charge is 0.262 e. The molecule has 2 heterocycles. The van der Waals surface area contributed by atoms with Crippen molar-refractivity contribution in [3.05, 3.63) is 35.4 Å². The molecule has 1 fully saturated rings. The third kappa shape index (κ3) is 1.82. The average Bonchev–Trinajstić information content (AvgIpc) is 2.57. The van der Waals surface area contributed by atoms with E-state index in [-0.39, 0.29) is 17.6 Å². The topological polar surface area (TPSA) is 73.3 Å². The minimum atomic E-state index is -0.449. The molecular weight excluding hydrogens is 242 g/mol. The van der Waals surface area contributed by atoms with E-state index in [4.69, 9.17) is 5.41 Å².